The molecule has 146 valence electrons. The van der Waals surface area contributed by atoms with Gasteiger partial charge in [-0.2, -0.15) is 5.10 Å². The van der Waals surface area contributed by atoms with E-state index in [9.17, 15) is 9.59 Å². The van der Waals surface area contributed by atoms with E-state index in [1.165, 1.54) is 6.21 Å². The Morgan fingerprint density at radius 1 is 0.931 bits per heavy atom. The second kappa shape index (κ2) is 10.2. The van der Waals surface area contributed by atoms with Gasteiger partial charge >= 0.3 is 5.97 Å². The lowest BCUT2D eigenvalue weighted by Gasteiger charge is -2.06. The highest BCUT2D eigenvalue weighted by atomic mass is 79.9. The molecule has 0 aliphatic heterocycles. The molecule has 0 unspecified atom stereocenters. The number of carbonyl (C=O) groups excluding carboxylic acids is 2. The van der Waals surface area contributed by atoms with E-state index in [2.05, 4.69) is 26.5 Å². The van der Waals surface area contributed by atoms with Crippen LogP contribution in [0.3, 0.4) is 0 Å². The van der Waals surface area contributed by atoms with E-state index in [1.54, 1.807) is 54.6 Å². The van der Waals surface area contributed by atoms with Crippen LogP contribution in [0.4, 0.5) is 0 Å². The summed E-state index contributed by atoms with van der Waals surface area (Å²) in [6, 6.07) is 22.8. The number of para-hydroxylation sites is 1. The van der Waals surface area contributed by atoms with E-state index in [0.29, 0.717) is 17.1 Å². The van der Waals surface area contributed by atoms with Gasteiger partial charge in [0.1, 0.15) is 11.5 Å². The molecule has 0 atom stereocenters. The van der Waals surface area contributed by atoms with Gasteiger partial charge in [0.25, 0.3) is 5.91 Å². The van der Waals surface area contributed by atoms with Crippen LogP contribution >= 0.6 is 15.9 Å². The van der Waals surface area contributed by atoms with Crippen LogP contribution in [-0.4, -0.2) is 24.7 Å². The van der Waals surface area contributed by atoms with Crippen LogP contribution in [0.25, 0.3) is 0 Å². The first-order valence-corrected chi connectivity index (χ1v) is 9.47. The van der Waals surface area contributed by atoms with E-state index in [-0.39, 0.29) is 12.5 Å². The fraction of sp³-hybridized carbons (Fsp3) is 0.0455. The number of hydrogen-bond acceptors (Lipinski definition) is 5. The second-order valence-electron chi connectivity index (χ2n) is 5.84. The fourth-order valence-corrected chi connectivity index (χ4v) is 2.68. The van der Waals surface area contributed by atoms with Gasteiger partial charge in [0.05, 0.1) is 16.3 Å². The van der Waals surface area contributed by atoms with Crippen molar-refractivity contribution >= 4 is 34.0 Å². The molecular weight excluding hydrogens is 436 g/mol. The normalized spacial score (nSPS) is 10.5. The van der Waals surface area contributed by atoms with Gasteiger partial charge in [-0.1, -0.05) is 30.3 Å². The van der Waals surface area contributed by atoms with Gasteiger partial charge in [0.2, 0.25) is 0 Å². The average molecular weight is 453 g/mol. The number of halogens is 1. The van der Waals surface area contributed by atoms with Crippen molar-refractivity contribution in [1.29, 1.82) is 0 Å². The Hall–Kier alpha value is -3.45. The van der Waals surface area contributed by atoms with Crippen molar-refractivity contribution in [2.24, 2.45) is 5.10 Å². The van der Waals surface area contributed by atoms with Gasteiger partial charge in [-0.15, -0.1) is 0 Å². The highest BCUT2D eigenvalue weighted by Crippen LogP contribution is 2.23. The Labute approximate surface area is 176 Å². The zero-order chi connectivity index (χ0) is 20.5. The van der Waals surface area contributed by atoms with Crippen molar-refractivity contribution in [3.63, 3.8) is 0 Å². The number of nitrogens with zero attached hydrogens (tertiary/aromatic N) is 1. The molecule has 3 aromatic rings. The molecule has 6 nitrogen and oxygen atoms in total. The molecule has 0 fully saturated rings. The summed E-state index contributed by atoms with van der Waals surface area (Å²) in [7, 11) is 0. The first kappa shape index (κ1) is 20.3. The monoisotopic (exact) mass is 452 g/mol. The lowest BCUT2D eigenvalue weighted by atomic mass is 10.2. The van der Waals surface area contributed by atoms with Gasteiger partial charge in [0, 0.05) is 0 Å². The summed E-state index contributed by atoms with van der Waals surface area (Å²) < 4.78 is 11.5. The number of ether oxygens (including phenoxy) is 2. The molecule has 3 rings (SSSR count). The number of esters is 1. The highest BCUT2D eigenvalue weighted by molar-refractivity contribution is 9.10. The lowest BCUT2D eigenvalue weighted by Crippen LogP contribution is -2.24. The van der Waals surface area contributed by atoms with E-state index in [0.717, 1.165) is 10.0 Å². The summed E-state index contributed by atoms with van der Waals surface area (Å²) in [5, 5.41) is 3.89. The van der Waals surface area contributed by atoms with Gasteiger partial charge in [-0.3, -0.25) is 4.79 Å². The third-order valence-corrected chi connectivity index (χ3v) is 4.35. The van der Waals surface area contributed by atoms with Crippen LogP contribution in [0.2, 0.25) is 0 Å². The number of rotatable bonds is 7. The maximum Gasteiger partial charge on any atom is 0.343 e. The van der Waals surface area contributed by atoms with Crippen molar-refractivity contribution < 1.29 is 19.1 Å². The van der Waals surface area contributed by atoms with Crippen LogP contribution < -0.4 is 14.9 Å². The minimum Gasteiger partial charge on any atom is -0.483 e. The van der Waals surface area contributed by atoms with Crippen molar-refractivity contribution in [2.75, 3.05) is 6.61 Å². The predicted octanol–water partition coefficient (Wildman–Crippen LogP) is 4.20. The van der Waals surface area contributed by atoms with E-state index in [4.69, 9.17) is 9.47 Å². The van der Waals surface area contributed by atoms with Gasteiger partial charge in [-0.25, -0.2) is 10.2 Å². The first-order chi connectivity index (χ1) is 14.1. The largest absolute Gasteiger partial charge is 0.483 e. The topological polar surface area (TPSA) is 77.0 Å². The van der Waals surface area contributed by atoms with Crippen LogP contribution in [0.5, 0.6) is 11.5 Å². The van der Waals surface area contributed by atoms with Crippen LogP contribution in [-0.2, 0) is 4.79 Å². The maximum absolute atomic E-state index is 12.0. The Kier molecular flexibility index (Phi) is 7.13. The number of benzene rings is 3. The van der Waals surface area contributed by atoms with Gasteiger partial charge in [0.15, 0.2) is 6.61 Å². The Balaban J connectivity index is 1.46. The summed E-state index contributed by atoms with van der Waals surface area (Å²) in [5.74, 6) is 0.184. The molecular formula is C22H17BrN2O4. The second-order valence-corrected chi connectivity index (χ2v) is 6.69. The van der Waals surface area contributed by atoms with Crippen LogP contribution in [0, 0.1) is 0 Å². The number of nitrogens with one attached hydrogen (secondary N) is 1. The number of amides is 1. The Morgan fingerprint density at radius 3 is 2.34 bits per heavy atom. The zero-order valence-corrected chi connectivity index (χ0v) is 16.8. The van der Waals surface area contributed by atoms with Crippen LogP contribution in [0.1, 0.15) is 15.9 Å². The molecule has 7 heteroatoms. The molecule has 0 aliphatic rings. The van der Waals surface area contributed by atoms with E-state index in [1.807, 2.05) is 24.3 Å². The van der Waals surface area contributed by atoms with Gasteiger partial charge < -0.3 is 9.47 Å². The maximum atomic E-state index is 12.0. The molecule has 3 aromatic carbocycles. The molecule has 0 aromatic heterocycles. The number of carbonyl (C=O) groups is 2. The average Bonchev–Trinajstić information content (AvgIpc) is 2.75. The molecule has 1 N–H and O–H groups in total. The molecule has 0 aliphatic carbocycles. The molecule has 29 heavy (non-hydrogen) atoms. The number of hydrogen-bond donors (Lipinski definition) is 1. The summed E-state index contributed by atoms with van der Waals surface area (Å²) in [6.45, 7) is -0.158. The molecule has 1 amide bonds. The van der Waals surface area contributed by atoms with Crippen molar-refractivity contribution in [3.8, 4) is 11.5 Å². The molecule has 0 bridgehead atoms. The standard InChI is InChI=1S/C22H17BrN2O4/c23-19-8-4-5-9-20(19)28-15-21(26)25-24-14-16-10-12-18(13-11-16)29-22(27)17-6-2-1-3-7-17/h1-14H,15H2,(H,25,26). The summed E-state index contributed by atoms with van der Waals surface area (Å²) in [4.78, 5) is 23.8. The fourth-order valence-electron chi connectivity index (χ4n) is 2.28. The molecule has 0 saturated carbocycles. The predicted molar refractivity (Wildman–Crippen MR) is 113 cm³/mol. The van der Waals surface area contributed by atoms with Crippen molar-refractivity contribution in [1.82, 2.24) is 5.43 Å². The molecule has 0 saturated heterocycles. The Morgan fingerprint density at radius 2 is 1.62 bits per heavy atom. The summed E-state index contributed by atoms with van der Waals surface area (Å²) in [5.41, 5.74) is 3.60. The van der Waals surface area contributed by atoms with E-state index >= 15 is 0 Å². The minimum absolute atomic E-state index is 0.158. The Bertz CT molecular complexity index is 1000. The van der Waals surface area contributed by atoms with E-state index < -0.39 is 5.97 Å². The molecule has 0 heterocycles. The van der Waals surface area contributed by atoms with Crippen molar-refractivity contribution in [2.45, 2.75) is 0 Å². The van der Waals surface area contributed by atoms with Gasteiger partial charge in [-0.05, 0) is 70.0 Å². The first-order valence-electron chi connectivity index (χ1n) is 8.68. The molecule has 0 radical (unpaired) electrons. The van der Waals surface area contributed by atoms with Crippen molar-refractivity contribution in [3.05, 3.63) is 94.5 Å². The molecule has 0 spiro atoms. The third kappa shape index (κ3) is 6.29. The van der Waals surface area contributed by atoms with Crippen LogP contribution in [0.15, 0.2) is 88.4 Å². The smallest absolute Gasteiger partial charge is 0.343 e. The SMILES string of the molecule is O=C(COc1ccccc1Br)NN=Cc1ccc(OC(=O)c2ccccc2)cc1. The third-order valence-electron chi connectivity index (χ3n) is 3.70. The number of hydrazone groups is 1. The minimum atomic E-state index is -0.427. The quantitative estimate of drug-likeness (QED) is 0.252. The summed E-state index contributed by atoms with van der Waals surface area (Å²) in [6.07, 6.45) is 1.49. The highest BCUT2D eigenvalue weighted by Gasteiger charge is 2.07. The zero-order valence-electron chi connectivity index (χ0n) is 15.2. The lowest BCUT2D eigenvalue weighted by molar-refractivity contribution is -0.123. The summed E-state index contributed by atoms with van der Waals surface area (Å²) >= 11 is 3.35.